The van der Waals surface area contributed by atoms with E-state index in [1.165, 1.54) is 0 Å². The van der Waals surface area contributed by atoms with Gasteiger partial charge in [0.05, 0.1) is 6.61 Å². The molecule has 0 fully saturated rings. The Morgan fingerprint density at radius 1 is 1.39 bits per heavy atom. The van der Waals surface area contributed by atoms with Crippen molar-refractivity contribution < 1.29 is 14.1 Å². The summed E-state index contributed by atoms with van der Waals surface area (Å²) in [5, 5.41) is 4.03. The highest BCUT2D eigenvalue weighted by Crippen LogP contribution is 2.26. The number of benzene rings is 1. The largest absolute Gasteiger partial charge is 0.468 e. The second-order valence-electron chi connectivity index (χ2n) is 3.90. The number of hydrogen-bond acceptors (Lipinski definition) is 5. The van der Waals surface area contributed by atoms with Gasteiger partial charge in [0.25, 0.3) is 6.47 Å². The fourth-order valence-corrected chi connectivity index (χ4v) is 1.76. The third kappa shape index (κ3) is 2.51. The Kier molecular flexibility index (Phi) is 3.62. The molecule has 0 aliphatic carbocycles. The molecule has 0 amide bonds. The van der Waals surface area contributed by atoms with E-state index in [0.717, 1.165) is 22.6 Å². The summed E-state index contributed by atoms with van der Waals surface area (Å²) < 4.78 is 9.89. The van der Waals surface area contributed by atoms with E-state index in [4.69, 9.17) is 15.0 Å². The van der Waals surface area contributed by atoms with Gasteiger partial charge in [0.1, 0.15) is 11.5 Å². The van der Waals surface area contributed by atoms with Crippen LogP contribution >= 0.6 is 0 Å². The molecule has 0 atom stereocenters. The molecule has 18 heavy (non-hydrogen) atoms. The molecular formula is C13H14N2O3. The van der Waals surface area contributed by atoms with Crippen LogP contribution in [-0.4, -0.2) is 18.2 Å². The lowest BCUT2D eigenvalue weighted by molar-refractivity contribution is -0.128. The number of aromatic nitrogens is 1. The Labute approximate surface area is 105 Å². The predicted octanol–water partition coefficient (Wildman–Crippen LogP) is 1.95. The SMILES string of the molecule is Cc1onc(-c2ccc(N)cc2)c1CCOC=O. The summed E-state index contributed by atoms with van der Waals surface area (Å²) in [4.78, 5) is 10.1. The minimum Gasteiger partial charge on any atom is -0.468 e. The van der Waals surface area contributed by atoms with Gasteiger partial charge in [-0.3, -0.25) is 4.79 Å². The molecule has 0 unspecified atom stereocenters. The highest BCUT2D eigenvalue weighted by Gasteiger charge is 2.14. The van der Waals surface area contributed by atoms with Gasteiger partial charge in [-0.05, 0) is 19.1 Å². The number of nitrogens with zero attached hydrogens (tertiary/aromatic N) is 1. The number of carbonyl (C=O) groups is 1. The van der Waals surface area contributed by atoms with Crippen molar-refractivity contribution in [1.29, 1.82) is 0 Å². The maximum atomic E-state index is 10.1. The van der Waals surface area contributed by atoms with Gasteiger partial charge in [0.2, 0.25) is 0 Å². The Morgan fingerprint density at radius 2 is 2.11 bits per heavy atom. The number of carbonyl (C=O) groups excluding carboxylic acids is 1. The number of rotatable bonds is 5. The average molecular weight is 246 g/mol. The summed E-state index contributed by atoms with van der Waals surface area (Å²) in [5.41, 5.74) is 8.99. The van der Waals surface area contributed by atoms with Crippen molar-refractivity contribution in [2.45, 2.75) is 13.3 Å². The Morgan fingerprint density at radius 3 is 2.78 bits per heavy atom. The second-order valence-corrected chi connectivity index (χ2v) is 3.90. The van der Waals surface area contributed by atoms with E-state index in [0.29, 0.717) is 25.2 Å². The molecule has 2 N–H and O–H groups in total. The smallest absolute Gasteiger partial charge is 0.293 e. The van der Waals surface area contributed by atoms with Crippen LogP contribution in [0.3, 0.4) is 0 Å². The molecule has 0 spiro atoms. The molecule has 1 heterocycles. The third-order valence-corrected chi connectivity index (χ3v) is 2.71. The monoisotopic (exact) mass is 246 g/mol. The maximum Gasteiger partial charge on any atom is 0.293 e. The standard InChI is InChI=1S/C13H14N2O3/c1-9-12(6-7-17-8-16)13(15-18-9)10-2-4-11(14)5-3-10/h2-5,8H,6-7,14H2,1H3. The van der Waals surface area contributed by atoms with Gasteiger partial charge in [0.15, 0.2) is 0 Å². The first kappa shape index (κ1) is 12.2. The Hall–Kier alpha value is -2.30. The fraction of sp³-hybridized carbons (Fsp3) is 0.231. The van der Waals surface area contributed by atoms with Gasteiger partial charge in [-0.25, -0.2) is 0 Å². The molecular weight excluding hydrogens is 232 g/mol. The van der Waals surface area contributed by atoms with E-state index >= 15 is 0 Å². The van der Waals surface area contributed by atoms with Crippen molar-refractivity contribution in [1.82, 2.24) is 5.16 Å². The molecule has 5 heteroatoms. The second kappa shape index (κ2) is 5.35. The van der Waals surface area contributed by atoms with Crippen LogP contribution in [0.15, 0.2) is 28.8 Å². The van der Waals surface area contributed by atoms with Gasteiger partial charge in [-0.1, -0.05) is 17.3 Å². The molecule has 0 saturated carbocycles. The van der Waals surface area contributed by atoms with Crippen LogP contribution in [0, 0.1) is 6.92 Å². The first-order chi connectivity index (χ1) is 8.72. The summed E-state index contributed by atoms with van der Waals surface area (Å²) in [5.74, 6) is 0.733. The zero-order valence-electron chi connectivity index (χ0n) is 10.1. The highest BCUT2D eigenvalue weighted by molar-refractivity contribution is 5.65. The number of aryl methyl sites for hydroxylation is 1. The molecule has 0 radical (unpaired) electrons. The molecule has 0 saturated heterocycles. The first-order valence-electron chi connectivity index (χ1n) is 5.58. The molecule has 94 valence electrons. The van der Waals surface area contributed by atoms with Gasteiger partial charge >= 0.3 is 0 Å². The minimum atomic E-state index is 0.313. The van der Waals surface area contributed by atoms with Crippen LogP contribution in [0.5, 0.6) is 0 Å². The molecule has 2 aromatic rings. The Balaban J connectivity index is 2.27. The number of ether oxygens (including phenoxy) is 1. The molecule has 0 aliphatic rings. The van der Waals surface area contributed by atoms with Crippen LogP contribution in [0.25, 0.3) is 11.3 Å². The van der Waals surface area contributed by atoms with Crippen molar-refractivity contribution >= 4 is 12.2 Å². The molecule has 0 bridgehead atoms. The topological polar surface area (TPSA) is 78.3 Å². The summed E-state index contributed by atoms with van der Waals surface area (Å²) in [6.07, 6.45) is 0.577. The van der Waals surface area contributed by atoms with E-state index in [9.17, 15) is 4.79 Å². The fourth-order valence-electron chi connectivity index (χ4n) is 1.76. The molecule has 1 aromatic carbocycles. The van der Waals surface area contributed by atoms with Crippen LogP contribution in [0.2, 0.25) is 0 Å². The van der Waals surface area contributed by atoms with Crippen LogP contribution in [-0.2, 0) is 16.0 Å². The van der Waals surface area contributed by atoms with E-state index < -0.39 is 0 Å². The normalized spacial score (nSPS) is 10.3. The van der Waals surface area contributed by atoms with E-state index in [2.05, 4.69) is 5.16 Å². The van der Waals surface area contributed by atoms with E-state index in [-0.39, 0.29) is 0 Å². The minimum absolute atomic E-state index is 0.313. The number of nitrogens with two attached hydrogens (primary N) is 1. The quantitative estimate of drug-likeness (QED) is 0.495. The van der Waals surface area contributed by atoms with Crippen LogP contribution < -0.4 is 5.73 Å². The Bertz CT molecular complexity index is 532. The zero-order chi connectivity index (χ0) is 13.0. The van der Waals surface area contributed by atoms with Gasteiger partial charge in [-0.15, -0.1) is 0 Å². The summed E-state index contributed by atoms with van der Waals surface area (Å²) >= 11 is 0. The third-order valence-electron chi connectivity index (χ3n) is 2.71. The molecule has 0 aliphatic heterocycles. The molecule has 5 nitrogen and oxygen atoms in total. The molecule has 2 rings (SSSR count). The van der Waals surface area contributed by atoms with Gasteiger partial charge < -0.3 is 15.0 Å². The van der Waals surface area contributed by atoms with Crippen LogP contribution in [0.1, 0.15) is 11.3 Å². The highest BCUT2D eigenvalue weighted by atomic mass is 16.5. The molecule has 1 aromatic heterocycles. The summed E-state index contributed by atoms with van der Waals surface area (Å²) in [7, 11) is 0. The van der Waals surface area contributed by atoms with E-state index in [1.807, 2.05) is 31.2 Å². The lowest BCUT2D eigenvalue weighted by Crippen LogP contribution is -1.98. The summed E-state index contributed by atoms with van der Waals surface area (Å²) in [6, 6.07) is 7.39. The van der Waals surface area contributed by atoms with Crippen molar-refractivity contribution in [3.05, 3.63) is 35.6 Å². The lowest BCUT2D eigenvalue weighted by Gasteiger charge is -2.02. The number of nitrogen functional groups attached to an aromatic ring is 1. The van der Waals surface area contributed by atoms with Crippen molar-refractivity contribution in [3.63, 3.8) is 0 Å². The van der Waals surface area contributed by atoms with Crippen molar-refractivity contribution in [3.8, 4) is 11.3 Å². The van der Waals surface area contributed by atoms with Gasteiger partial charge in [-0.2, -0.15) is 0 Å². The van der Waals surface area contributed by atoms with E-state index in [1.54, 1.807) is 0 Å². The van der Waals surface area contributed by atoms with Gasteiger partial charge in [0, 0.05) is 23.2 Å². The number of anilines is 1. The number of hydrogen-bond donors (Lipinski definition) is 1. The van der Waals surface area contributed by atoms with Crippen molar-refractivity contribution in [2.75, 3.05) is 12.3 Å². The van der Waals surface area contributed by atoms with Crippen LogP contribution in [0.4, 0.5) is 5.69 Å². The predicted molar refractivity (Wildman–Crippen MR) is 66.8 cm³/mol. The lowest BCUT2D eigenvalue weighted by atomic mass is 10.0. The average Bonchev–Trinajstić information content (AvgIpc) is 2.73. The zero-order valence-corrected chi connectivity index (χ0v) is 10.1. The summed E-state index contributed by atoms with van der Waals surface area (Å²) in [6.45, 7) is 2.59. The maximum absolute atomic E-state index is 10.1. The first-order valence-corrected chi connectivity index (χ1v) is 5.58. The van der Waals surface area contributed by atoms with Crippen molar-refractivity contribution in [2.24, 2.45) is 0 Å².